The minimum absolute atomic E-state index is 0.0302. The smallest absolute Gasteiger partial charge is 0.306 e. The Bertz CT molecular complexity index is 1490. The lowest BCUT2D eigenvalue weighted by atomic mass is 10.00. The van der Waals surface area contributed by atoms with Crippen LogP contribution >= 0.6 is 0 Å². The molecule has 200 valence electrons. The minimum atomic E-state index is -3.81. The Kier molecular flexibility index (Phi) is 7.82. The molecule has 0 bridgehead atoms. The number of nitrogens with one attached hydrogen (secondary N) is 1. The average molecular weight is 540 g/mol. The average Bonchev–Trinajstić information content (AvgIpc) is 3.49. The van der Waals surface area contributed by atoms with Gasteiger partial charge in [-0.05, 0) is 82.8 Å². The fourth-order valence-electron chi connectivity index (χ4n) is 4.32. The standard InChI is InChI=1S/C28H29NO8S/c1-17-22(11-18-12-25(34-3)28(26(13-18)35-4)37-38(5,31)32)21-9-8-19(33-2)14-24(21)23(17)15-27(30)29-16-20-7-6-10-36-20/h6-14H,15-16H2,1-5H3,(H,29,30)/b22-11-. The molecule has 0 fully saturated rings. The lowest BCUT2D eigenvalue weighted by molar-refractivity contribution is -0.120. The normalized spacial score (nSPS) is 13.9. The van der Waals surface area contributed by atoms with Gasteiger partial charge in [0.05, 0.1) is 46.8 Å². The van der Waals surface area contributed by atoms with Crippen LogP contribution in [0.3, 0.4) is 0 Å². The molecule has 1 aliphatic carbocycles. The van der Waals surface area contributed by atoms with Gasteiger partial charge in [-0.15, -0.1) is 0 Å². The largest absolute Gasteiger partial charge is 0.497 e. The van der Waals surface area contributed by atoms with Crippen molar-refractivity contribution < 1.29 is 36.0 Å². The summed E-state index contributed by atoms with van der Waals surface area (Å²) in [6.07, 6.45) is 4.61. The predicted octanol–water partition coefficient (Wildman–Crippen LogP) is 4.68. The molecule has 1 heterocycles. The van der Waals surface area contributed by atoms with E-state index in [9.17, 15) is 13.2 Å². The number of carbonyl (C=O) groups is 1. The maximum absolute atomic E-state index is 12.9. The third-order valence-electron chi connectivity index (χ3n) is 6.10. The van der Waals surface area contributed by atoms with Crippen molar-refractivity contribution >= 4 is 33.2 Å². The quantitative estimate of drug-likeness (QED) is 0.370. The van der Waals surface area contributed by atoms with Crippen molar-refractivity contribution in [2.45, 2.75) is 19.9 Å². The first-order valence-electron chi connectivity index (χ1n) is 11.7. The molecule has 1 aromatic heterocycles. The summed E-state index contributed by atoms with van der Waals surface area (Å²) in [5, 5.41) is 2.90. The highest BCUT2D eigenvalue weighted by molar-refractivity contribution is 7.86. The Morgan fingerprint density at radius 2 is 1.71 bits per heavy atom. The first kappa shape index (κ1) is 26.9. The van der Waals surface area contributed by atoms with Crippen LogP contribution in [0.25, 0.3) is 17.2 Å². The van der Waals surface area contributed by atoms with Crippen LogP contribution in [0.1, 0.15) is 35.8 Å². The number of rotatable bonds is 10. The summed E-state index contributed by atoms with van der Waals surface area (Å²) in [6.45, 7) is 2.26. The number of hydrogen-bond donors (Lipinski definition) is 1. The van der Waals surface area contributed by atoms with Gasteiger partial charge in [0.15, 0.2) is 11.5 Å². The Balaban J connectivity index is 1.74. The molecule has 1 amide bonds. The van der Waals surface area contributed by atoms with E-state index in [0.717, 1.165) is 34.1 Å². The number of hydrogen-bond acceptors (Lipinski definition) is 8. The first-order valence-corrected chi connectivity index (χ1v) is 13.5. The van der Waals surface area contributed by atoms with Crippen LogP contribution in [-0.2, 0) is 21.5 Å². The third-order valence-corrected chi connectivity index (χ3v) is 6.57. The van der Waals surface area contributed by atoms with Crippen LogP contribution in [0, 0.1) is 0 Å². The van der Waals surface area contributed by atoms with E-state index in [4.69, 9.17) is 22.8 Å². The summed E-state index contributed by atoms with van der Waals surface area (Å²) in [5.41, 5.74) is 5.23. The molecule has 9 nitrogen and oxygen atoms in total. The summed E-state index contributed by atoms with van der Waals surface area (Å²) in [7, 11) is 0.625. The van der Waals surface area contributed by atoms with E-state index in [1.165, 1.54) is 14.2 Å². The maximum atomic E-state index is 12.9. The monoisotopic (exact) mass is 539 g/mol. The van der Waals surface area contributed by atoms with E-state index in [-0.39, 0.29) is 29.6 Å². The summed E-state index contributed by atoms with van der Waals surface area (Å²) in [4.78, 5) is 12.9. The molecule has 0 radical (unpaired) electrons. The van der Waals surface area contributed by atoms with Gasteiger partial charge in [0, 0.05) is 0 Å². The van der Waals surface area contributed by atoms with Crippen molar-refractivity contribution in [2.75, 3.05) is 27.6 Å². The van der Waals surface area contributed by atoms with Crippen molar-refractivity contribution in [2.24, 2.45) is 0 Å². The van der Waals surface area contributed by atoms with Crippen LogP contribution in [0.4, 0.5) is 0 Å². The molecule has 3 aromatic rings. The zero-order chi connectivity index (χ0) is 27.4. The maximum Gasteiger partial charge on any atom is 0.306 e. The Labute approximate surface area is 221 Å². The lowest BCUT2D eigenvalue weighted by Crippen LogP contribution is -2.22. The molecule has 10 heteroatoms. The summed E-state index contributed by atoms with van der Waals surface area (Å²) in [5.74, 6) is 1.58. The highest BCUT2D eigenvalue weighted by atomic mass is 32.2. The number of benzene rings is 2. The zero-order valence-corrected chi connectivity index (χ0v) is 22.6. The Hall–Kier alpha value is -4.18. The van der Waals surface area contributed by atoms with Gasteiger partial charge in [0.1, 0.15) is 11.5 Å². The predicted molar refractivity (Wildman–Crippen MR) is 144 cm³/mol. The van der Waals surface area contributed by atoms with E-state index < -0.39 is 10.1 Å². The number of methoxy groups -OCH3 is 3. The topological polar surface area (TPSA) is 113 Å². The van der Waals surface area contributed by atoms with Crippen LogP contribution < -0.4 is 23.7 Å². The molecule has 4 rings (SSSR count). The number of amides is 1. The molecular weight excluding hydrogens is 510 g/mol. The molecule has 38 heavy (non-hydrogen) atoms. The number of fused-ring (bicyclic) bond motifs is 1. The molecule has 0 aliphatic heterocycles. The second-order valence-electron chi connectivity index (χ2n) is 8.65. The van der Waals surface area contributed by atoms with Gasteiger partial charge in [-0.25, -0.2) is 0 Å². The fourth-order valence-corrected chi connectivity index (χ4v) is 4.79. The van der Waals surface area contributed by atoms with Gasteiger partial charge < -0.3 is 28.1 Å². The molecule has 1 N–H and O–H groups in total. The van der Waals surface area contributed by atoms with Crippen LogP contribution in [0.15, 0.2) is 58.7 Å². The second-order valence-corrected chi connectivity index (χ2v) is 10.2. The van der Waals surface area contributed by atoms with E-state index in [1.807, 2.05) is 31.2 Å². The van der Waals surface area contributed by atoms with E-state index >= 15 is 0 Å². The van der Waals surface area contributed by atoms with Crippen molar-refractivity contribution in [3.8, 4) is 23.0 Å². The van der Waals surface area contributed by atoms with Gasteiger partial charge in [0.2, 0.25) is 11.7 Å². The molecule has 0 atom stereocenters. The third kappa shape index (κ3) is 5.86. The van der Waals surface area contributed by atoms with E-state index in [0.29, 0.717) is 23.6 Å². The molecule has 0 saturated carbocycles. The molecule has 0 spiro atoms. The van der Waals surface area contributed by atoms with E-state index in [2.05, 4.69) is 5.32 Å². The summed E-state index contributed by atoms with van der Waals surface area (Å²) in [6, 6.07) is 12.6. The zero-order valence-electron chi connectivity index (χ0n) is 21.8. The first-order chi connectivity index (χ1) is 18.1. The lowest BCUT2D eigenvalue weighted by Gasteiger charge is -2.14. The van der Waals surface area contributed by atoms with Crippen LogP contribution in [0.5, 0.6) is 23.0 Å². The van der Waals surface area contributed by atoms with E-state index in [1.54, 1.807) is 37.6 Å². The van der Waals surface area contributed by atoms with Crippen LogP contribution in [0.2, 0.25) is 0 Å². The SMILES string of the molecule is COc1ccc2c(c1)C(CC(=O)NCc1ccco1)=C(C)/C2=C/c1cc(OC)c(OS(C)(=O)=O)c(OC)c1. The highest BCUT2D eigenvalue weighted by Crippen LogP contribution is 2.46. The van der Waals surface area contributed by atoms with Crippen molar-refractivity contribution in [3.05, 3.63) is 76.8 Å². The van der Waals surface area contributed by atoms with Gasteiger partial charge >= 0.3 is 10.1 Å². The summed E-state index contributed by atoms with van der Waals surface area (Å²) < 4.78 is 50.2. The molecule has 2 aromatic carbocycles. The second kappa shape index (κ2) is 11.1. The fraction of sp³-hybridized carbons (Fsp3) is 0.250. The summed E-state index contributed by atoms with van der Waals surface area (Å²) >= 11 is 0. The number of furan rings is 1. The molecular formula is C28H29NO8S. The van der Waals surface area contributed by atoms with Gasteiger partial charge in [-0.2, -0.15) is 8.42 Å². The number of carbonyl (C=O) groups excluding carboxylic acids is 1. The molecule has 0 unspecified atom stereocenters. The Morgan fingerprint density at radius 1 is 1.00 bits per heavy atom. The van der Waals surface area contributed by atoms with Crippen molar-refractivity contribution in [1.29, 1.82) is 0 Å². The van der Waals surface area contributed by atoms with Gasteiger partial charge in [-0.1, -0.05) is 6.07 Å². The molecule has 0 saturated heterocycles. The van der Waals surface area contributed by atoms with Crippen LogP contribution in [-0.4, -0.2) is 41.9 Å². The minimum Gasteiger partial charge on any atom is -0.497 e. The highest BCUT2D eigenvalue weighted by Gasteiger charge is 2.26. The number of allylic oxidation sites excluding steroid dienone is 2. The van der Waals surface area contributed by atoms with Gasteiger partial charge in [0.25, 0.3) is 0 Å². The Morgan fingerprint density at radius 3 is 2.29 bits per heavy atom. The van der Waals surface area contributed by atoms with Crippen molar-refractivity contribution in [3.63, 3.8) is 0 Å². The number of ether oxygens (including phenoxy) is 3. The van der Waals surface area contributed by atoms with Crippen molar-refractivity contribution in [1.82, 2.24) is 5.32 Å². The van der Waals surface area contributed by atoms with Gasteiger partial charge in [-0.3, -0.25) is 4.79 Å². The molecule has 1 aliphatic rings.